The Labute approximate surface area is 161 Å². The number of aromatic nitrogens is 1. The van der Waals surface area contributed by atoms with Crippen LogP contribution in [0, 0.1) is 0 Å². The van der Waals surface area contributed by atoms with Crippen LogP contribution in [0.5, 0.6) is 0 Å². The third kappa shape index (κ3) is 5.52. The average molecular weight is 397 g/mol. The summed E-state index contributed by atoms with van der Waals surface area (Å²) in [4.78, 5) is 30.4. The van der Waals surface area contributed by atoms with Crippen LogP contribution in [0.15, 0.2) is 29.6 Å². The predicted octanol–water partition coefficient (Wildman–Crippen LogP) is 3.65. The van der Waals surface area contributed by atoms with Crippen LogP contribution in [0.1, 0.15) is 39.2 Å². The number of rotatable bonds is 9. The molecule has 0 atom stereocenters. The zero-order chi connectivity index (χ0) is 18.9. The maximum Gasteiger partial charge on any atom is 0.357 e. The molecule has 26 heavy (non-hydrogen) atoms. The first-order chi connectivity index (χ1) is 12.6. The molecule has 0 saturated carbocycles. The van der Waals surface area contributed by atoms with Crippen molar-refractivity contribution in [2.24, 2.45) is 0 Å². The number of benzene rings is 1. The number of hydrogen-bond acceptors (Lipinski definition) is 6. The number of amides is 1. The molecule has 0 aliphatic heterocycles. The molecule has 2 aromatic rings. The first-order valence-electron chi connectivity index (χ1n) is 8.21. The van der Waals surface area contributed by atoms with Gasteiger partial charge in [0.05, 0.1) is 24.2 Å². The number of methoxy groups -OCH3 is 1. The number of thiazole rings is 1. The van der Waals surface area contributed by atoms with Gasteiger partial charge in [0.1, 0.15) is 5.01 Å². The molecule has 2 rings (SSSR count). The lowest BCUT2D eigenvalue weighted by Gasteiger charge is -2.22. The molecule has 1 aromatic carbocycles. The second-order valence-corrected chi connectivity index (χ2v) is 6.72. The van der Waals surface area contributed by atoms with Gasteiger partial charge in [0.15, 0.2) is 5.69 Å². The lowest BCUT2D eigenvalue weighted by atomic mass is 10.2. The fraction of sp³-hybridized carbons (Fsp3) is 0.389. The molecule has 0 aliphatic rings. The Kier molecular flexibility index (Phi) is 8.03. The zero-order valence-electron chi connectivity index (χ0n) is 14.7. The molecule has 1 aromatic heterocycles. The fourth-order valence-electron chi connectivity index (χ4n) is 2.30. The van der Waals surface area contributed by atoms with E-state index in [0.29, 0.717) is 41.8 Å². The van der Waals surface area contributed by atoms with Crippen molar-refractivity contribution in [3.63, 3.8) is 0 Å². The van der Waals surface area contributed by atoms with Gasteiger partial charge < -0.3 is 14.4 Å². The summed E-state index contributed by atoms with van der Waals surface area (Å²) in [5.74, 6) is -0.672. The Morgan fingerprint density at radius 1 is 1.31 bits per heavy atom. The molecule has 0 radical (unpaired) electrons. The highest BCUT2D eigenvalue weighted by Crippen LogP contribution is 2.20. The van der Waals surface area contributed by atoms with E-state index in [0.717, 1.165) is 0 Å². The van der Waals surface area contributed by atoms with Crippen LogP contribution in [0.3, 0.4) is 0 Å². The highest BCUT2D eigenvalue weighted by atomic mass is 35.5. The lowest BCUT2D eigenvalue weighted by molar-refractivity contribution is 0.0594. The largest absolute Gasteiger partial charge is 0.464 e. The van der Waals surface area contributed by atoms with E-state index in [1.54, 1.807) is 34.5 Å². The molecule has 0 saturated heterocycles. The molecule has 1 amide bonds. The van der Waals surface area contributed by atoms with Gasteiger partial charge in [-0.3, -0.25) is 4.79 Å². The Balaban J connectivity index is 2.15. The summed E-state index contributed by atoms with van der Waals surface area (Å²) in [5, 5.41) is 2.68. The number of hydrogen-bond donors (Lipinski definition) is 0. The van der Waals surface area contributed by atoms with Gasteiger partial charge in [-0.1, -0.05) is 23.7 Å². The average Bonchev–Trinajstić information content (AvgIpc) is 3.12. The minimum atomic E-state index is -0.493. The van der Waals surface area contributed by atoms with Crippen molar-refractivity contribution < 1.29 is 19.1 Å². The molecule has 0 aliphatic carbocycles. The van der Waals surface area contributed by atoms with E-state index in [1.165, 1.54) is 18.4 Å². The molecule has 140 valence electrons. The van der Waals surface area contributed by atoms with E-state index in [2.05, 4.69) is 9.72 Å². The normalized spacial score (nSPS) is 10.6. The Morgan fingerprint density at radius 3 is 2.77 bits per heavy atom. The van der Waals surface area contributed by atoms with Gasteiger partial charge in [0, 0.05) is 25.1 Å². The summed E-state index contributed by atoms with van der Waals surface area (Å²) in [5.41, 5.74) is 0.683. The van der Waals surface area contributed by atoms with E-state index < -0.39 is 5.97 Å². The van der Waals surface area contributed by atoms with Crippen molar-refractivity contribution >= 4 is 34.8 Å². The van der Waals surface area contributed by atoms with Crippen molar-refractivity contribution in [3.8, 4) is 0 Å². The Bertz CT molecular complexity index is 750. The lowest BCUT2D eigenvalue weighted by Crippen LogP contribution is -2.32. The van der Waals surface area contributed by atoms with Crippen LogP contribution in [-0.2, 0) is 16.0 Å². The van der Waals surface area contributed by atoms with E-state index in [-0.39, 0.29) is 18.1 Å². The maximum absolute atomic E-state index is 12.9. The summed E-state index contributed by atoms with van der Waals surface area (Å²) in [6.45, 7) is 3.91. The topological polar surface area (TPSA) is 68.7 Å². The first kappa shape index (κ1) is 20.4. The smallest absolute Gasteiger partial charge is 0.357 e. The van der Waals surface area contributed by atoms with Gasteiger partial charge in [-0.25, -0.2) is 9.78 Å². The van der Waals surface area contributed by atoms with Gasteiger partial charge in [-0.15, -0.1) is 11.3 Å². The van der Waals surface area contributed by atoms with Crippen LogP contribution in [-0.4, -0.2) is 48.6 Å². The first-order valence-corrected chi connectivity index (χ1v) is 9.46. The second-order valence-electron chi connectivity index (χ2n) is 5.38. The van der Waals surface area contributed by atoms with Crippen LogP contribution < -0.4 is 0 Å². The summed E-state index contributed by atoms with van der Waals surface area (Å²) in [6.07, 6.45) is 0.694. The number of carbonyl (C=O) groups is 2. The molecule has 0 spiro atoms. The van der Waals surface area contributed by atoms with Crippen LogP contribution in [0.25, 0.3) is 0 Å². The van der Waals surface area contributed by atoms with Crippen LogP contribution in [0.4, 0.5) is 0 Å². The number of halogens is 1. The van der Waals surface area contributed by atoms with Crippen molar-refractivity contribution in [2.75, 3.05) is 26.9 Å². The van der Waals surface area contributed by atoms with Crippen LogP contribution in [0.2, 0.25) is 5.02 Å². The van der Waals surface area contributed by atoms with Crippen molar-refractivity contribution in [1.82, 2.24) is 9.88 Å². The fourth-order valence-corrected chi connectivity index (χ4v) is 3.30. The van der Waals surface area contributed by atoms with Crippen molar-refractivity contribution in [2.45, 2.75) is 19.9 Å². The third-order valence-corrected chi connectivity index (χ3v) is 4.75. The standard InChI is InChI=1S/C18H21ClN2O4S/c1-3-25-10-6-9-21(17(22)13-7-4-5-8-14(13)19)11-16-20-15(12-26-16)18(23)24-2/h4-5,7-8,12H,3,6,9-11H2,1-2H3. The quantitative estimate of drug-likeness (QED) is 0.478. The van der Waals surface area contributed by atoms with E-state index in [9.17, 15) is 9.59 Å². The summed E-state index contributed by atoms with van der Waals surface area (Å²) < 4.78 is 10.0. The maximum atomic E-state index is 12.9. The Morgan fingerprint density at radius 2 is 2.08 bits per heavy atom. The predicted molar refractivity (Wildman–Crippen MR) is 101 cm³/mol. The van der Waals surface area contributed by atoms with Crippen molar-refractivity contribution in [3.05, 3.63) is 50.9 Å². The van der Waals surface area contributed by atoms with E-state index in [4.69, 9.17) is 16.3 Å². The highest BCUT2D eigenvalue weighted by molar-refractivity contribution is 7.09. The number of nitrogens with zero attached hydrogens (tertiary/aromatic N) is 2. The summed E-state index contributed by atoms with van der Waals surface area (Å²) in [6, 6.07) is 6.94. The molecule has 8 heteroatoms. The molecule has 0 N–H and O–H groups in total. The summed E-state index contributed by atoms with van der Waals surface area (Å²) in [7, 11) is 1.31. The van der Waals surface area contributed by atoms with Gasteiger partial charge in [-0.05, 0) is 25.5 Å². The van der Waals surface area contributed by atoms with Gasteiger partial charge in [-0.2, -0.15) is 0 Å². The van der Waals surface area contributed by atoms with Gasteiger partial charge in [0.25, 0.3) is 5.91 Å². The van der Waals surface area contributed by atoms with Gasteiger partial charge >= 0.3 is 5.97 Å². The molecular formula is C18H21ClN2O4S. The molecule has 0 bridgehead atoms. The highest BCUT2D eigenvalue weighted by Gasteiger charge is 2.20. The number of carbonyl (C=O) groups excluding carboxylic acids is 2. The molecular weight excluding hydrogens is 376 g/mol. The van der Waals surface area contributed by atoms with E-state index in [1.807, 2.05) is 6.92 Å². The second kappa shape index (κ2) is 10.3. The number of ether oxygens (including phenoxy) is 2. The van der Waals surface area contributed by atoms with E-state index >= 15 is 0 Å². The molecule has 6 nitrogen and oxygen atoms in total. The summed E-state index contributed by atoms with van der Waals surface area (Å²) >= 11 is 7.48. The molecule has 0 fully saturated rings. The number of esters is 1. The molecule has 1 heterocycles. The van der Waals surface area contributed by atoms with Gasteiger partial charge in [0.2, 0.25) is 0 Å². The third-order valence-electron chi connectivity index (χ3n) is 3.58. The van der Waals surface area contributed by atoms with Crippen molar-refractivity contribution in [1.29, 1.82) is 0 Å². The molecule has 0 unspecified atom stereocenters. The monoisotopic (exact) mass is 396 g/mol. The van der Waals surface area contributed by atoms with Crippen LogP contribution >= 0.6 is 22.9 Å². The SMILES string of the molecule is CCOCCCN(Cc1nc(C(=O)OC)cs1)C(=O)c1ccccc1Cl. The zero-order valence-corrected chi connectivity index (χ0v) is 16.3. The minimum absolute atomic E-state index is 0.179. The Hall–Kier alpha value is -1.96. The minimum Gasteiger partial charge on any atom is -0.464 e.